The van der Waals surface area contributed by atoms with Crippen molar-refractivity contribution in [2.45, 2.75) is 37.9 Å². The van der Waals surface area contributed by atoms with E-state index < -0.39 is 0 Å². The quantitative estimate of drug-likeness (QED) is 0.728. The van der Waals surface area contributed by atoms with Crippen molar-refractivity contribution in [1.82, 2.24) is 0 Å². The molecule has 3 heteroatoms. The van der Waals surface area contributed by atoms with Crippen molar-refractivity contribution in [3.8, 4) is 11.5 Å². The van der Waals surface area contributed by atoms with Crippen molar-refractivity contribution in [2.75, 3.05) is 14.2 Å². The Morgan fingerprint density at radius 1 is 0.696 bits per heavy atom. The number of rotatable bonds is 6. The Balaban J connectivity index is 1.99. The van der Waals surface area contributed by atoms with Crippen molar-refractivity contribution < 1.29 is 14.2 Å². The van der Waals surface area contributed by atoms with Gasteiger partial charge in [-0.2, -0.15) is 0 Å². The van der Waals surface area contributed by atoms with Crippen molar-refractivity contribution in [1.29, 1.82) is 0 Å². The fraction of sp³-hybridized carbons (Fsp3) is 0.400. The van der Waals surface area contributed by atoms with E-state index in [1.165, 1.54) is 11.1 Å². The van der Waals surface area contributed by atoms with Gasteiger partial charge in [-0.1, -0.05) is 38.1 Å². The second-order valence-electron chi connectivity index (χ2n) is 5.92. The fourth-order valence-electron chi connectivity index (χ4n) is 3.70. The van der Waals surface area contributed by atoms with Crippen LogP contribution in [0.3, 0.4) is 0 Å². The molecule has 1 saturated heterocycles. The molecule has 0 aromatic heterocycles. The first kappa shape index (κ1) is 15.9. The van der Waals surface area contributed by atoms with E-state index in [1.807, 2.05) is 24.3 Å². The summed E-state index contributed by atoms with van der Waals surface area (Å²) in [6, 6.07) is 16.5. The number of hydrogen-bond acceptors (Lipinski definition) is 3. The molecule has 0 N–H and O–H groups in total. The summed E-state index contributed by atoms with van der Waals surface area (Å²) in [6.45, 7) is 4.37. The second-order valence-corrected chi connectivity index (χ2v) is 5.92. The standard InChI is InChI=1S/C20H24O3/c1-5-19(15-7-11-17(21-3)12-8-15)20(6-2,23-19)16-9-13-18(22-4)14-10-16/h7-14H,5-6H2,1-4H3/t19-,20+. The van der Waals surface area contributed by atoms with Gasteiger partial charge in [-0.05, 0) is 48.2 Å². The lowest BCUT2D eigenvalue weighted by molar-refractivity contribution is 0.255. The van der Waals surface area contributed by atoms with Crippen LogP contribution in [-0.2, 0) is 15.9 Å². The average Bonchev–Trinajstić information content (AvgIpc) is 3.32. The largest absolute Gasteiger partial charge is 0.497 e. The number of ether oxygens (including phenoxy) is 3. The van der Waals surface area contributed by atoms with Crippen molar-refractivity contribution in [3.05, 3.63) is 59.7 Å². The fourth-order valence-corrected chi connectivity index (χ4v) is 3.70. The zero-order chi connectivity index (χ0) is 16.5. The lowest BCUT2D eigenvalue weighted by atomic mass is 9.78. The molecule has 122 valence electrons. The van der Waals surface area contributed by atoms with E-state index >= 15 is 0 Å². The minimum atomic E-state index is -0.261. The van der Waals surface area contributed by atoms with Gasteiger partial charge in [0.2, 0.25) is 0 Å². The highest BCUT2D eigenvalue weighted by atomic mass is 16.6. The summed E-state index contributed by atoms with van der Waals surface area (Å²) in [6.07, 6.45) is 1.86. The van der Waals surface area contributed by atoms with Crippen LogP contribution >= 0.6 is 0 Å². The summed E-state index contributed by atoms with van der Waals surface area (Å²) < 4.78 is 17.0. The first-order chi connectivity index (χ1) is 11.2. The predicted octanol–water partition coefficient (Wildman–Crippen LogP) is 4.64. The van der Waals surface area contributed by atoms with Crippen LogP contribution < -0.4 is 9.47 Å². The third-order valence-electron chi connectivity index (χ3n) is 5.07. The van der Waals surface area contributed by atoms with Gasteiger partial charge >= 0.3 is 0 Å². The minimum Gasteiger partial charge on any atom is -0.497 e. The number of methoxy groups -OCH3 is 2. The van der Waals surface area contributed by atoms with Gasteiger partial charge in [0, 0.05) is 0 Å². The summed E-state index contributed by atoms with van der Waals surface area (Å²) in [5.41, 5.74) is 1.89. The maximum Gasteiger partial charge on any atom is 0.127 e. The van der Waals surface area contributed by atoms with E-state index in [0.717, 1.165) is 24.3 Å². The lowest BCUT2D eigenvalue weighted by Gasteiger charge is -2.19. The van der Waals surface area contributed by atoms with Gasteiger partial charge in [0.15, 0.2) is 0 Å². The third-order valence-corrected chi connectivity index (χ3v) is 5.07. The zero-order valence-electron chi connectivity index (χ0n) is 14.3. The van der Waals surface area contributed by atoms with E-state index in [9.17, 15) is 0 Å². The summed E-state index contributed by atoms with van der Waals surface area (Å²) >= 11 is 0. The maximum absolute atomic E-state index is 6.43. The predicted molar refractivity (Wildman–Crippen MR) is 91.0 cm³/mol. The first-order valence-electron chi connectivity index (χ1n) is 8.15. The van der Waals surface area contributed by atoms with Crippen LogP contribution in [0.1, 0.15) is 37.8 Å². The maximum atomic E-state index is 6.43. The Morgan fingerprint density at radius 3 is 1.30 bits per heavy atom. The van der Waals surface area contributed by atoms with Gasteiger partial charge in [-0.25, -0.2) is 0 Å². The first-order valence-corrected chi connectivity index (χ1v) is 8.15. The van der Waals surface area contributed by atoms with Crippen molar-refractivity contribution in [2.24, 2.45) is 0 Å². The SMILES string of the molecule is CC[C@@]1(c2ccc(OC)cc2)O[C@]1(CC)c1ccc(OC)cc1. The molecule has 0 aliphatic carbocycles. The van der Waals surface area contributed by atoms with Crippen LogP contribution in [0.5, 0.6) is 11.5 Å². The molecule has 23 heavy (non-hydrogen) atoms. The Kier molecular flexibility index (Phi) is 4.07. The molecule has 3 rings (SSSR count). The van der Waals surface area contributed by atoms with Crippen LogP contribution in [0.15, 0.2) is 48.5 Å². The highest BCUT2D eigenvalue weighted by Crippen LogP contribution is 2.66. The van der Waals surface area contributed by atoms with E-state index in [0.29, 0.717) is 0 Å². The molecule has 0 unspecified atom stereocenters. The molecule has 1 fully saturated rings. The van der Waals surface area contributed by atoms with Crippen LogP contribution in [0.25, 0.3) is 0 Å². The molecule has 2 aromatic carbocycles. The summed E-state index contributed by atoms with van der Waals surface area (Å²) in [4.78, 5) is 0. The average molecular weight is 312 g/mol. The molecule has 2 aromatic rings. The monoisotopic (exact) mass is 312 g/mol. The Morgan fingerprint density at radius 2 is 1.04 bits per heavy atom. The van der Waals surface area contributed by atoms with Crippen molar-refractivity contribution >= 4 is 0 Å². The molecule has 1 aliphatic rings. The smallest absolute Gasteiger partial charge is 0.127 e. The van der Waals surface area contributed by atoms with Gasteiger partial charge in [-0.15, -0.1) is 0 Å². The van der Waals surface area contributed by atoms with Crippen molar-refractivity contribution in [3.63, 3.8) is 0 Å². The highest BCUT2D eigenvalue weighted by Gasteiger charge is 2.69. The van der Waals surface area contributed by atoms with Gasteiger partial charge in [-0.3, -0.25) is 0 Å². The Hall–Kier alpha value is -2.00. The second kappa shape index (κ2) is 5.89. The Bertz CT molecular complexity index is 603. The molecule has 0 bridgehead atoms. The molecule has 3 nitrogen and oxygen atoms in total. The molecule has 1 heterocycles. The van der Waals surface area contributed by atoms with E-state index in [-0.39, 0.29) is 11.2 Å². The van der Waals surface area contributed by atoms with Crippen LogP contribution in [0, 0.1) is 0 Å². The molecule has 0 spiro atoms. The number of epoxide rings is 1. The third kappa shape index (κ3) is 2.31. The summed E-state index contributed by atoms with van der Waals surface area (Å²) in [5.74, 6) is 1.74. The molecule has 0 amide bonds. The normalized spacial score (nSPS) is 25.9. The molecule has 0 radical (unpaired) electrons. The van der Waals surface area contributed by atoms with Gasteiger partial charge < -0.3 is 14.2 Å². The number of benzene rings is 2. The van der Waals surface area contributed by atoms with Gasteiger partial charge in [0.1, 0.15) is 22.7 Å². The highest BCUT2D eigenvalue weighted by molar-refractivity contribution is 5.44. The van der Waals surface area contributed by atoms with E-state index in [1.54, 1.807) is 14.2 Å². The van der Waals surface area contributed by atoms with Gasteiger partial charge in [0.05, 0.1) is 14.2 Å². The Labute approximate surface area is 138 Å². The molecular weight excluding hydrogens is 288 g/mol. The topological polar surface area (TPSA) is 31.0 Å². The zero-order valence-corrected chi connectivity index (χ0v) is 14.3. The molecule has 0 saturated carbocycles. The minimum absolute atomic E-state index is 0.261. The molecular formula is C20H24O3. The number of hydrogen-bond donors (Lipinski definition) is 0. The van der Waals surface area contributed by atoms with Crippen LogP contribution in [-0.4, -0.2) is 14.2 Å². The summed E-state index contributed by atoms with van der Waals surface area (Å²) in [7, 11) is 3.37. The summed E-state index contributed by atoms with van der Waals surface area (Å²) in [5, 5.41) is 0. The van der Waals surface area contributed by atoms with E-state index in [4.69, 9.17) is 14.2 Å². The van der Waals surface area contributed by atoms with Crippen LogP contribution in [0.4, 0.5) is 0 Å². The molecule has 1 aliphatic heterocycles. The van der Waals surface area contributed by atoms with E-state index in [2.05, 4.69) is 38.1 Å². The van der Waals surface area contributed by atoms with Crippen LogP contribution in [0.2, 0.25) is 0 Å². The lowest BCUT2D eigenvalue weighted by Crippen LogP contribution is -2.21. The molecule has 2 atom stereocenters. The van der Waals surface area contributed by atoms with Gasteiger partial charge in [0.25, 0.3) is 0 Å².